The Kier molecular flexibility index (Phi) is 6.91. The molecule has 140 valence electrons. The second kappa shape index (κ2) is 8.92. The fourth-order valence-corrected chi connectivity index (χ4v) is 3.44. The van der Waals surface area contributed by atoms with Crippen molar-refractivity contribution in [2.45, 2.75) is 64.7 Å². The van der Waals surface area contributed by atoms with Gasteiger partial charge in [-0.15, -0.1) is 0 Å². The fourth-order valence-electron chi connectivity index (χ4n) is 2.59. The largest absolute Gasteiger partial charge is 0.357 e. The van der Waals surface area contributed by atoms with Crippen LogP contribution in [0.3, 0.4) is 0 Å². The van der Waals surface area contributed by atoms with Crippen LogP contribution in [-0.2, 0) is 11.5 Å². The monoisotopic (exact) mass is 371 g/mol. The van der Waals surface area contributed by atoms with Gasteiger partial charge in [-0.3, -0.25) is 19.6 Å². The number of fused-ring (bicyclic) bond motifs is 1. The van der Waals surface area contributed by atoms with Gasteiger partial charge < -0.3 is 21.1 Å². The van der Waals surface area contributed by atoms with E-state index in [4.69, 9.17) is 16.0 Å². The van der Waals surface area contributed by atoms with Crippen molar-refractivity contribution in [3.63, 3.8) is 0 Å². The van der Waals surface area contributed by atoms with Gasteiger partial charge in [-0.05, 0) is 19.3 Å². The Balaban J connectivity index is 2.13. The maximum atomic E-state index is 12.2. The standard InChI is InChI=1S/C14H25N7O3S/c1-3-5-9(6-8(15)4-2)24-7-21-11-10(25-14(21)23)12(22)18-13(17-11)19-20-16/h8-9,13,17H,3-7,15H2,1-2H3,(H2,16,19)(H,18,22)/t8-,9?,13?/m0/s1. The smallest absolute Gasteiger partial charge is 0.311 e. The highest BCUT2D eigenvalue weighted by atomic mass is 32.1. The molecule has 25 heavy (non-hydrogen) atoms. The van der Waals surface area contributed by atoms with Gasteiger partial charge >= 0.3 is 4.87 Å². The second-order valence-corrected chi connectivity index (χ2v) is 6.84. The molecular formula is C14H25N7O3S. The van der Waals surface area contributed by atoms with Gasteiger partial charge in [-0.25, -0.2) is 0 Å². The number of anilines is 1. The predicted molar refractivity (Wildman–Crippen MR) is 94.4 cm³/mol. The summed E-state index contributed by atoms with van der Waals surface area (Å²) in [5, 5.41) is 8.53. The summed E-state index contributed by atoms with van der Waals surface area (Å²) >= 11 is 0.851. The van der Waals surface area contributed by atoms with Crippen molar-refractivity contribution in [1.82, 2.24) is 15.3 Å². The minimum absolute atomic E-state index is 0.0385. The van der Waals surface area contributed by atoms with Crippen LogP contribution in [0.25, 0.3) is 0 Å². The van der Waals surface area contributed by atoms with Gasteiger partial charge in [0.25, 0.3) is 5.91 Å². The van der Waals surface area contributed by atoms with Crippen molar-refractivity contribution in [2.24, 2.45) is 11.0 Å². The molecule has 1 aliphatic heterocycles. The summed E-state index contributed by atoms with van der Waals surface area (Å²) in [6, 6.07) is 0.0563. The summed E-state index contributed by atoms with van der Waals surface area (Å²) in [5.74, 6) is -0.0243. The summed E-state index contributed by atoms with van der Waals surface area (Å²) in [6.07, 6.45) is 2.60. The Bertz CT molecular complexity index is 659. The van der Waals surface area contributed by atoms with Crippen LogP contribution in [-0.4, -0.2) is 28.9 Å². The topological polar surface area (TPSA) is 147 Å². The van der Waals surface area contributed by atoms with Gasteiger partial charge in [0.1, 0.15) is 17.4 Å². The van der Waals surface area contributed by atoms with Crippen molar-refractivity contribution in [2.75, 3.05) is 5.32 Å². The van der Waals surface area contributed by atoms with Crippen LogP contribution < -0.4 is 26.7 Å². The maximum Gasteiger partial charge on any atom is 0.311 e. The van der Waals surface area contributed by atoms with Gasteiger partial charge in [0.05, 0.1) is 6.10 Å². The molecule has 0 bridgehead atoms. The molecule has 10 nitrogen and oxygen atoms in total. The molecule has 0 radical (unpaired) electrons. The van der Waals surface area contributed by atoms with E-state index in [0.29, 0.717) is 5.82 Å². The first-order valence-corrected chi connectivity index (χ1v) is 9.11. The van der Waals surface area contributed by atoms with E-state index in [1.165, 1.54) is 4.57 Å². The maximum absolute atomic E-state index is 12.2. The zero-order chi connectivity index (χ0) is 18.4. The first kappa shape index (κ1) is 19.3. The highest BCUT2D eigenvalue weighted by molar-refractivity contribution is 7.12. The Morgan fingerprint density at radius 2 is 2.20 bits per heavy atom. The van der Waals surface area contributed by atoms with Crippen LogP contribution in [0.4, 0.5) is 5.82 Å². The molecule has 0 saturated carbocycles. The number of thiazole rings is 1. The van der Waals surface area contributed by atoms with Crippen LogP contribution in [0.1, 0.15) is 49.2 Å². The minimum atomic E-state index is -0.752. The number of rotatable bonds is 10. The van der Waals surface area contributed by atoms with Crippen molar-refractivity contribution in [1.29, 1.82) is 5.53 Å². The number of nitrogens with one attached hydrogen (secondary N) is 4. The first-order chi connectivity index (χ1) is 12.0. The highest BCUT2D eigenvalue weighted by Gasteiger charge is 2.29. The molecule has 3 atom stereocenters. The number of amides is 1. The lowest BCUT2D eigenvalue weighted by molar-refractivity contribution is -0.00625. The van der Waals surface area contributed by atoms with Crippen LogP contribution in [0.5, 0.6) is 0 Å². The molecule has 1 aromatic heterocycles. The third-order valence-electron chi connectivity index (χ3n) is 3.99. The fraction of sp³-hybridized carbons (Fsp3) is 0.714. The molecule has 1 amide bonds. The summed E-state index contributed by atoms with van der Waals surface area (Å²) in [6.45, 7) is 4.14. The van der Waals surface area contributed by atoms with Gasteiger partial charge in [0.15, 0.2) is 6.29 Å². The minimum Gasteiger partial charge on any atom is -0.357 e. The van der Waals surface area contributed by atoms with E-state index in [1.54, 1.807) is 0 Å². The van der Waals surface area contributed by atoms with E-state index >= 15 is 0 Å². The molecule has 0 fully saturated rings. The second-order valence-electron chi connectivity index (χ2n) is 5.88. The molecule has 0 spiro atoms. The number of nitrogens with zero attached hydrogens (tertiary/aromatic N) is 2. The number of ether oxygens (including phenoxy) is 1. The van der Waals surface area contributed by atoms with Crippen molar-refractivity contribution >= 4 is 23.1 Å². The molecule has 0 aliphatic carbocycles. The molecular weight excluding hydrogens is 346 g/mol. The van der Waals surface area contributed by atoms with E-state index in [9.17, 15) is 9.59 Å². The van der Waals surface area contributed by atoms with Crippen LogP contribution >= 0.6 is 11.3 Å². The van der Waals surface area contributed by atoms with Crippen LogP contribution in [0.2, 0.25) is 0 Å². The SMILES string of the molecule is CCCC(C[C@@H](N)CC)OCn1c2c(sc1=O)C(=O)NC(NN=N)N2. The zero-order valence-electron chi connectivity index (χ0n) is 14.4. The number of hydrogen-bond donors (Lipinski definition) is 5. The molecule has 6 N–H and O–H groups in total. The summed E-state index contributed by atoms with van der Waals surface area (Å²) in [4.78, 5) is 24.3. The van der Waals surface area contributed by atoms with Crippen LogP contribution in [0.15, 0.2) is 10.0 Å². The number of aromatic nitrogens is 1. The number of hydrogen-bond acceptors (Lipinski definition) is 8. The molecule has 11 heteroatoms. The molecule has 1 aliphatic rings. The molecule has 2 rings (SSSR count). The molecule has 0 aromatic carbocycles. The lowest BCUT2D eigenvalue weighted by Crippen LogP contribution is -2.52. The Morgan fingerprint density at radius 3 is 2.84 bits per heavy atom. The van der Waals surface area contributed by atoms with E-state index < -0.39 is 12.2 Å². The molecule has 1 aromatic rings. The zero-order valence-corrected chi connectivity index (χ0v) is 15.2. The molecule has 2 heterocycles. The molecule has 0 saturated heterocycles. The van der Waals surface area contributed by atoms with Crippen LogP contribution in [0, 0.1) is 5.53 Å². The summed E-state index contributed by atoms with van der Waals surface area (Å²) in [7, 11) is 0. The van der Waals surface area contributed by atoms with E-state index in [-0.39, 0.29) is 28.6 Å². The predicted octanol–water partition coefficient (Wildman–Crippen LogP) is 1.15. The van der Waals surface area contributed by atoms with E-state index in [0.717, 1.165) is 37.0 Å². The lowest BCUT2D eigenvalue weighted by atomic mass is 10.0. The quantitative estimate of drug-likeness (QED) is 0.308. The van der Waals surface area contributed by atoms with Gasteiger partial charge in [-0.2, -0.15) is 5.53 Å². The molecule has 2 unspecified atom stereocenters. The number of nitrogens with two attached hydrogens (primary N) is 1. The van der Waals surface area contributed by atoms with Crippen molar-refractivity contribution < 1.29 is 9.53 Å². The average Bonchev–Trinajstić information content (AvgIpc) is 2.89. The third-order valence-corrected chi connectivity index (χ3v) is 4.97. The van der Waals surface area contributed by atoms with Crippen molar-refractivity contribution in [3.05, 3.63) is 14.5 Å². The first-order valence-electron chi connectivity index (χ1n) is 8.30. The van der Waals surface area contributed by atoms with E-state index in [1.807, 2.05) is 6.92 Å². The van der Waals surface area contributed by atoms with Crippen molar-refractivity contribution in [3.8, 4) is 0 Å². The summed E-state index contributed by atoms with van der Waals surface area (Å²) in [5.41, 5.74) is 15.2. The number of carbonyl (C=O) groups is 1. The third kappa shape index (κ3) is 4.77. The highest BCUT2D eigenvalue weighted by Crippen LogP contribution is 2.23. The van der Waals surface area contributed by atoms with Gasteiger partial charge in [0, 0.05) is 6.04 Å². The van der Waals surface area contributed by atoms with E-state index in [2.05, 4.69) is 28.2 Å². The normalized spacial score (nSPS) is 18.7. The number of carbonyl (C=O) groups excluding carboxylic acids is 1. The van der Waals surface area contributed by atoms with Gasteiger partial charge in [-0.1, -0.05) is 36.8 Å². The average molecular weight is 371 g/mol. The van der Waals surface area contributed by atoms with Gasteiger partial charge in [0.2, 0.25) is 0 Å². The Labute approximate surface area is 149 Å². The Hall–Kier alpha value is -1.98. The lowest BCUT2D eigenvalue weighted by Gasteiger charge is -2.26. The summed E-state index contributed by atoms with van der Waals surface area (Å²) < 4.78 is 7.30. The Morgan fingerprint density at radius 1 is 1.44 bits per heavy atom.